The molecule has 1 amide bonds. The monoisotopic (exact) mass is 455 g/mol. The average molecular weight is 456 g/mol. The van der Waals surface area contributed by atoms with Crippen LogP contribution in [-0.4, -0.2) is 48.1 Å². The molecule has 2 aromatic rings. The van der Waals surface area contributed by atoms with E-state index in [0.717, 1.165) is 22.6 Å². The summed E-state index contributed by atoms with van der Waals surface area (Å²) in [6.07, 6.45) is 3.49. The lowest BCUT2D eigenvalue weighted by Crippen LogP contribution is -2.27. The van der Waals surface area contributed by atoms with E-state index in [1.54, 1.807) is 11.0 Å². The van der Waals surface area contributed by atoms with E-state index in [-0.39, 0.29) is 5.91 Å². The van der Waals surface area contributed by atoms with Gasteiger partial charge < -0.3 is 14.2 Å². The molecule has 2 aromatic carbocycles. The molecule has 162 valence electrons. The molecule has 1 aliphatic rings. The molecular formula is C24H25NO4S2. The van der Waals surface area contributed by atoms with Gasteiger partial charge in [-0.2, -0.15) is 0 Å². The van der Waals surface area contributed by atoms with Crippen molar-refractivity contribution in [3.05, 3.63) is 77.2 Å². The zero-order valence-corrected chi connectivity index (χ0v) is 19.0. The fraction of sp³-hybridized carbons (Fsp3) is 0.250. The zero-order chi connectivity index (χ0) is 22.1. The zero-order valence-electron chi connectivity index (χ0n) is 17.4. The molecule has 31 heavy (non-hydrogen) atoms. The van der Waals surface area contributed by atoms with Gasteiger partial charge in [-0.3, -0.25) is 9.69 Å². The third kappa shape index (κ3) is 6.95. The van der Waals surface area contributed by atoms with Gasteiger partial charge in [0.2, 0.25) is 0 Å². The lowest BCUT2D eigenvalue weighted by Gasteiger charge is -2.10. The van der Waals surface area contributed by atoms with Crippen LogP contribution in [0.2, 0.25) is 0 Å². The highest BCUT2D eigenvalue weighted by Gasteiger charge is 2.30. The van der Waals surface area contributed by atoms with Crippen LogP contribution in [0.15, 0.2) is 66.1 Å². The number of carbonyl (C=O) groups is 1. The normalized spacial score (nSPS) is 14.9. The minimum absolute atomic E-state index is 0.0949. The Hall–Kier alpha value is -2.61. The number of aryl methyl sites for hydroxylation is 1. The molecule has 1 aliphatic heterocycles. The van der Waals surface area contributed by atoms with Gasteiger partial charge >= 0.3 is 0 Å². The molecule has 0 radical (unpaired) electrons. The van der Waals surface area contributed by atoms with Gasteiger partial charge in [0.05, 0.1) is 18.1 Å². The average Bonchev–Trinajstić information content (AvgIpc) is 3.01. The second-order valence-electron chi connectivity index (χ2n) is 6.78. The van der Waals surface area contributed by atoms with Gasteiger partial charge in [-0.25, -0.2) is 0 Å². The van der Waals surface area contributed by atoms with Crippen LogP contribution in [0.25, 0.3) is 6.08 Å². The molecule has 0 unspecified atom stereocenters. The summed E-state index contributed by atoms with van der Waals surface area (Å²) in [5.74, 6) is 1.47. The number of hydrogen-bond acceptors (Lipinski definition) is 6. The van der Waals surface area contributed by atoms with Crippen molar-refractivity contribution >= 4 is 40.3 Å². The first-order valence-corrected chi connectivity index (χ1v) is 11.2. The topological polar surface area (TPSA) is 48.0 Å². The Bertz CT molecular complexity index is 974. The van der Waals surface area contributed by atoms with Gasteiger partial charge in [-0.15, -0.1) is 6.58 Å². The van der Waals surface area contributed by atoms with Gasteiger partial charge in [-0.05, 0) is 48.4 Å². The number of ether oxygens (including phenoxy) is 3. The third-order valence-electron chi connectivity index (χ3n) is 4.32. The minimum atomic E-state index is -0.0949. The van der Waals surface area contributed by atoms with Gasteiger partial charge in [-0.1, -0.05) is 54.3 Å². The second kappa shape index (κ2) is 11.7. The molecule has 1 saturated heterocycles. The first-order chi connectivity index (χ1) is 15.1. The third-order valence-corrected chi connectivity index (χ3v) is 5.70. The minimum Gasteiger partial charge on any atom is -0.491 e. The summed E-state index contributed by atoms with van der Waals surface area (Å²) in [5, 5.41) is 0. The first-order valence-electron chi connectivity index (χ1n) is 9.93. The van der Waals surface area contributed by atoms with Crippen LogP contribution in [-0.2, 0) is 9.53 Å². The van der Waals surface area contributed by atoms with E-state index in [1.165, 1.54) is 11.8 Å². The summed E-state index contributed by atoms with van der Waals surface area (Å²) in [5.41, 5.74) is 2.04. The quantitative estimate of drug-likeness (QED) is 0.209. The Morgan fingerprint density at radius 3 is 2.39 bits per heavy atom. The number of rotatable bonds is 11. The molecule has 0 spiro atoms. The van der Waals surface area contributed by atoms with Gasteiger partial charge in [0, 0.05) is 6.54 Å². The van der Waals surface area contributed by atoms with Gasteiger partial charge in [0.15, 0.2) is 0 Å². The molecular weight excluding hydrogens is 430 g/mol. The highest BCUT2D eigenvalue weighted by atomic mass is 32.2. The molecule has 0 saturated carbocycles. The van der Waals surface area contributed by atoms with Crippen molar-refractivity contribution in [3.8, 4) is 11.5 Å². The summed E-state index contributed by atoms with van der Waals surface area (Å²) in [7, 11) is 0. The number of thioether (sulfide) groups is 1. The molecule has 0 aromatic heterocycles. The lowest BCUT2D eigenvalue weighted by molar-refractivity contribution is -0.121. The van der Waals surface area contributed by atoms with Crippen molar-refractivity contribution in [2.45, 2.75) is 6.92 Å². The molecule has 1 fully saturated rings. The van der Waals surface area contributed by atoms with E-state index >= 15 is 0 Å². The maximum Gasteiger partial charge on any atom is 0.266 e. The van der Waals surface area contributed by atoms with E-state index in [0.29, 0.717) is 42.2 Å². The van der Waals surface area contributed by atoms with E-state index < -0.39 is 0 Å². The van der Waals surface area contributed by atoms with E-state index in [4.69, 9.17) is 26.4 Å². The van der Waals surface area contributed by atoms with Crippen LogP contribution < -0.4 is 9.47 Å². The fourth-order valence-electron chi connectivity index (χ4n) is 2.88. The Morgan fingerprint density at radius 1 is 1.03 bits per heavy atom. The van der Waals surface area contributed by atoms with Crippen molar-refractivity contribution in [3.63, 3.8) is 0 Å². The van der Waals surface area contributed by atoms with E-state index in [1.807, 2.05) is 61.5 Å². The molecule has 0 N–H and O–H groups in total. The summed E-state index contributed by atoms with van der Waals surface area (Å²) in [4.78, 5) is 14.6. The van der Waals surface area contributed by atoms with Crippen molar-refractivity contribution < 1.29 is 19.0 Å². The standard InChI is InChI=1S/C24H25NO4S2/c1-3-10-25-23(26)22(31-24(25)30)17-19-7-5-9-21(16-19)29-14-12-27-11-13-28-20-8-4-6-18(2)15-20/h3-9,15-17H,1,10-14H2,2H3/b22-17+. The highest BCUT2D eigenvalue weighted by molar-refractivity contribution is 8.26. The molecule has 0 atom stereocenters. The summed E-state index contributed by atoms with van der Waals surface area (Å²) in [6.45, 7) is 7.98. The largest absolute Gasteiger partial charge is 0.491 e. The van der Waals surface area contributed by atoms with Crippen LogP contribution in [0.4, 0.5) is 0 Å². The predicted octanol–water partition coefficient (Wildman–Crippen LogP) is 4.86. The van der Waals surface area contributed by atoms with Crippen LogP contribution >= 0.6 is 24.0 Å². The van der Waals surface area contributed by atoms with Crippen LogP contribution in [0.1, 0.15) is 11.1 Å². The number of hydrogen-bond donors (Lipinski definition) is 0. The Morgan fingerprint density at radius 2 is 1.71 bits per heavy atom. The van der Waals surface area contributed by atoms with Gasteiger partial charge in [0.25, 0.3) is 5.91 Å². The smallest absolute Gasteiger partial charge is 0.266 e. The van der Waals surface area contributed by atoms with Gasteiger partial charge in [0.1, 0.15) is 29.0 Å². The number of nitrogens with zero attached hydrogens (tertiary/aromatic N) is 1. The Balaban J connectivity index is 1.41. The Kier molecular flexibility index (Phi) is 8.70. The van der Waals surface area contributed by atoms with E-state index in [2.05, 4.69) is 6.58 Å². The first kappa shape index (κ1) is 23.1. The van der Waals surface area contributed by atoms with Crippen molar-refractivity contribution in [1.29, 1.82) is 0 Å². The molecule has 1 heterocycles. The Labute approximate surface area is 192 Å². The molecule has 7 heteroatoms. The van der Waals surface area contributed by atoms with Crippen LogP contribution in [0.5, 0.6) is 11.5 Å². The van der Waals surface area contributed by atoms with Crippen molar-refractivity contribution in [1.82, 2.24) is 4.90 Å². The van der Waals surface area contributed by atoms with Crippen molar-refractivity contribution in [2.24, 2.45) is 0 Å². The maximum atomic E-state index is 12.4. The van der Waals surface area contributed by atoms with Crippen LogP contribution in [0.3, 0.4) is 0 Å². The highest BCUT2D eigenvalue weighted by Crippen LogP contribution is 2.32. The summed E-state index contributed by atoms with van der Waals surface area (Å²) >= 11 is 6.57. The number of thiocarbonyl (C=S) groups is 1. The molecule has 5 nitrogen and oxygen atoms in total. The number of amides is 1. The molecule has 3 rings (SSSR count). The summed E-state index contributed by atoms with van der Waals surface area (Å²) in [6, 6.07) is 15.5. The predicted molar refractivity (Wildman–Crippen MR) is 130 cm³/mol. The lowest BCUT2D eigenvalue weighted by atomic mass is 10.2. The second-order valence-corrected chi connectivity index (χ2v) is 8.46. The van der Waals surface area contributed by atoms with Crippen LogP contribution in [0, 0.1) is 6.92 Å². The number of benzene rings is 2. The number of carbonyl (C=O) groups excluding carboxylic acids is 1. The van der Waals surface area contributed by atoms with Crippen molar-refractivity contribution in [2.75, 3.05) is 33.0 Å². The maximum absolute atomic E-state index is 12.4. The fourth-order valence-corrected chi connectivity index (χ4v) is 4.15. The summed E-state index contributed by atoms with van der Waals surface area (Å²) < 4.78 is 17.5. The SMILES string of the molecule is C=CCN1C(=O)/C(=C\c2cccc(OCCOCCOc3cccc(C)c3)c2)SC1=S. The molecule has 0 aliphatic carbocycles. The van der Waals surface area contributed by atoms with E-state index in [9.17, 15) is 4.79 Å². The molecule has 0 bridgehead atoms.